The van der Waals surface area contributed by atoms with Crippen LogP contribution in [-0.4, -0.2) is 32.6 Å². The Bertz CT molecular complexity index is 1070. The number of hydrogen-bond donors (Lipinski definition) is 0. The Balaban J connectivity index is 1.69. The first-order valence-electron chi connectivity index (χ1n) is 9.06. The lowest BCUT2D eigenvalue weighted by Gasteiger charge is -2.18. The molecule has 3 aromatic rings. The van der Waals surface area contributed by atoms with Crippen LogP contribution in [0.3, 0.4) is 0 Å². The maximum absolute atomic E-state index is 13.3. The minimum Gasteiger partial charge on any atom is -0.337 e. The van der Waals surface area contributed by atoms with Gasteiger partial charge in [0.15, 0.2) is 5.65 Å². The highest BCUT2D eigenvalue weighted by Gasteiger charge is 2.29. The van der Waals surface area contributed by atoms with Crippen LogP contribution in [-0.2, 0) is 13.6 Å². The van der Waals surface area contributed by atoms with Crippen LogP contribution in [0.2, 0.25) is 0 Å². The van der Waals surface area contributed by atoms with Gasteiger partial charge in [-0.3, -0.25) is 9.48 Å². The maximum Gasteiger partial charge on any atom is 0.254 e. The summed E-state index contributed by atoms with van der Waals surface area (Å²) in [6.45, 7) is 2.39. The second kappa shape index (κ2) is 6.51. The van der Waals surface area contributed by atoms with Gasteiger partial charge in [-0.2, -0.15) is 10.4 Å². The zero-order valence-corrected chi connectivity index (χ0v) is 15.7. The topological polar surface area (TPSA) is 74.8 Å². The average molecular weight is 359 g/mol. The van der Waals surface area contributed by atoms with Crippen LogP contribution < -0.4 is 0 Å². The van der Waals surface area contributed by atoms with Crippen LogP contribution in [0.1, 0.15) is 51.6 Å². The lowest BCUT2D eigenvalue weighted by atomic mass is 10.1. The van der Waals surface area contributed by atoms with E-state index >= 15 is 0 Å². The second-order valence-electron chi connectivity index (χ2n) is 7.25. The van der Waals surface area contributed by atoms with Gasteiger partial charge in [0, 0.05) is 32.3 Å². The molecule has 0 saturated heterocycles. The van der Waals surface area contributed by atoms with Gasteiger partial charge < -0.3 is 4.90 Å². The summed E-state index contributed by atoms with van der Waals surface area (Å²) in [5.41, 5.74) is 4.85. The zero-order valence-electron chi connectivity index (χ0n) is 15.7. The molecule has 6 heteroatoms. The van der Waals surface area contributed by atoms with Crippen molar-refractivity contribution in [3.8, 4) is 6.07 Å². The number of carbonyl (C=O) groups is 1. The smallest absolute Gasteiger partial charge is 0.254 e. The summed E-state index contributed by atoms with van der Waals surface area (Å²) < 4.78 is 1.76. The van der Waals surface area contributed by atoms with Gasteiger partial charge >= 0.3 is 0 Å². The van der Waals surface area contributed by atoms with Crippen LogP contribution in [0.25, 0.3) is 11.0 Å². The SMILES string of the molecule is Cc1nn(C)c2nc(C3CC3)cc(C(=O)N(C)Cc3ccc(C#N)cc3)c12. The molecule has 4 rings (SSSR count). The first-order valence-corrected chi connectivity index (χ1v) is 9.06. The van der Waals surface area contributed by atoms with E-state index in [1.165, 1.54) is 0 Å². The molecule has 6 nitrogen and oxygen atoms in total. The molecule has 2 heterocycles. The van der Waals surface area contributed by atoms with E-state index in [1.807, 2.05) is 32.2 Å². The van der Waals surface area contributed by atoms with Crippen molar-refractivity contribution in [3.05, 3.63) is 58.4 Å². The Morgan fingerprint density at radius 1 is 1.33 bits per heavy atom. The fraction of sp³-hybridized carbons (Fsp3) is 0.333. The molecule has 0 atom stereocenters. The Hall–Kier alpha value is -3.20. The Kier molecular flexibility index (Phi) is 4.15. The molecule has 0 unspecified atom stereocenters. The fourth-order valence-corrected chi connectivity index (χ4v) is 3.46. The third-order valence-corrected chi connectivity index (χ3v) is 5.06. The highest BCUT2D eigenvalue weighted by Crippen LogP contribution is 2.40. The van der Waals surface area contributed by atoms with Crippen molar-refractivity contribution in [2.45, 2.75) is 32.2 Å². The molecule has 27 heavy (non-hydrogen) atoms. The van der Waals surface area contributed by atoms with Gasteiger partial charge in [-0.25, -0.2) is 4.98 Å². The number of amides is 1. The van der Waals surface area contributed by atoms with E-state index in [2.05, 4.69) is 11.2 Å². The molecule has 0 bridgehead atoms. The summed E-state index contributed by atoms with van der Waals surface area (Å²) >= 11 is 0. The molecule has 0 radical (unpaired) electrons. The normalized spacial score (nSPS) is 13.6. The summed E-state index contributed by atoms with van der Waals surface area (Å²) in [6.07, 6.45) is 2.26. The Morgan fingerprint density at radius 3 is 2.67 bits per heavy atom. The summed E-state index contributed by atoms with van der Waals surface area (Å²) in [4.78, 5) is 19.7. The highest BCUT2D eigenvalue weighted by molar-refractivity contribution is 6.06. The molecule has 136 valence electrons. The van der Waals surface area contributed by atoms with Crippen molar-refractivity contribution in [1.82, 2.24) is 19.7 Å². The van der Waals surface area contributed by atoms with Gasteiger partial charge in [0.1, 0.15) is 0 Å². The number of pyridine rings is 1. The van der Waals surface area contributed by atoms with Crippen LogP contribution in [0.5, 0.6) is 0 Å². The van der Waals surface area contributed by atoms with Crippen molar-refractivity contribution in [1.29, 1.82) is 5.26 Å². The molecule has 1 aromatic carbocycles. The lowest BCUT2D eigenvalue weighted by Crippen LogP contribution is -2.26. The van der Waals surface area contributed by atoms with Crippen LogP contribution in [0.4, 0.5) is 0 Å². The monoisotopic (exact) mass is 359 g/mol. The number of benzene rings is 1. The fourth-order valence-electron chi connectivity index (χ4n) is 3.46. The minimum atomic E-state index is -0.0373. The number of nitrogens with zero attached hydrogens (tertiary/aromatic N) is 5. The standard InChI is InChI=1S/C21H21N5O/c1-13-19-17(10-18(16-8-9-16)23-20(19)26(3)24-13)21(27)25(2)12-15-6-4-14(11-22)5-7-15/h4-7,10,16H,8-9,12H2,1-3H3. The molecular formula is C21H21N5O. The Morgan fingerprint density at radius 2 is 2.04 bits per heavy atom. The van der Waals surface area contributed by atoms with Crippen molar-refractivity contribution in [2.24, 2.45) is 7.05 Å². The van der Waals surface area contributed by atoms with Gasteiger partial charge in [0.2, 0.25) is 0 Å². The van der Waals surface area contributed by atoms with Gasteiger partial charge in [0.05, 0.1) is 28.3 Å². The number of fused-ring (bicyclic) bond motifs is 1. The largest absolute Gasteiger partial charge is 0.337 e. The predicted molar refractivity (Wildman–Crippen MR) is 102 cm³/mol. The van der Waals surface area contributed by atoms with Gasteiger partial charge in [-0.1, -0.05) is 12.1 Å². The third kappa shape index (κ3) is 3.17. The molecule has 0 N–H and O–H groups in total. The maximum atomic E-state index is 13.3. The first kappa shape index (κ1) is 17.2. The molecule has 1 aliphatic carbocycles. The highest BCUT2D eigenvalue weighted by atomic mass is 16.2. The van der Waals surface area contributed by atoms with Crippen molar-refractivity contribution >= 4 is 16.9 Å². The Labute approximate surface area is 158 Å². The molecular weight excluding hydrogens is 338 g/mol. The average Bonchev–Trinajstić information content (AvgIpc) is 3.48. The van der Waals surface area contributed by atoms with E-state index in [4.69, 9.17) is 10.2 Å². The van der Waals surface area contributed by atoms with Crippen LogP contribution in [0, 0.1) is 18.3 Å². The third-order valence-electron chi connectivity index (χ3n) is 5.06. The number of nitriles is 1. The predicted octanol–water partition coefficient (Wildman–Crippen LogP) is 3.30. The second-order valence-corrected chi connectivity index (χ2v) is 7.25. The van der Waals surface area contributed by atoms with E-state index in [1.54, 1.807) is 28.8 Å². The number of carbonyl (C=O) groups excluding carboxylic acids is 1. The summed E-state index contributed by atoms with van der Waals surface area (Å²) in [7, 11) is 3.67. The molecule has 0 spiro atoms. The number of hydrogen-bond acceptors (Lipinski definition) is 4. The minimum absolute atomic E-state index is 0.0373. The number of rotatable bonds is 4. The summed E-state index contributed by atoms with van der Waals surface area (Å²) in [5.74, 6) is 0.421. The molecule has 0 aliphatic heterocycles. The quantitative estimate of drug-likeness (QED) is 0.716. The van der Waals surface area contributed by atoms with Crippen molar-refractivity contribution < 1.29 is 4.79 Å². The van der Waals surface area contributed by atoms with Gasteiger partial charge in [-0.15, -0.1) is 0 Å². The molecule has 1 aliphatic rings. The molecule has 2 aromatic heterocycles. The number of aromatic nitrogens is 3. The van der Waals surface area contributed by atoms with E-state index < -0.39 is 0 Å². The van der Waals surface area contributed by atoms with Crippen molar-refractivity contribution in [2.75, 3.05) is 7.05 Å². The summed E-state index contributed by atoms with van der Waals surface area (Å²) in [5, 5.41) is 14.2. The first-order chi connectivity index (χ1) is 13.0. The van der Waals surface area contributed by atoms with Gasteiger partial charge in [-0.05, 0) is 43.5 Å². The van der Waals surface area contributed by atoms with Gasteiger partial charge in [0.25, 0.3) is 5.91 Å². The molecule has 1 saturated carbocycles. The van der Waals surface area contributed by atoms with Crippen LogP contribution >= 0.6 is 0 Å². The molecule has 1 amide bonds. The zero-order chi connectivity index (χ0) is 19.1. The molecule has 1 fully saturated rings. The van der Waals surface area contributed by atoms with E-state index in [0.717, 1.165) is 40.8 Å². The van der Waals surface area contributed by atoms with Crippen molar-refractivity contribution in [3.63, 3.8) is 0 Å². The van der Waals surface area contributed by atoms with E-state index in [0.29, 0.717) is 23.6 Å². The summed E-state index contributed by atoms with van der Waals surface area (Å²) in [6, 6.07) is 11.4. The lowest BCUT2D eigenvalue weighted by molar-refractivity contribution is 0.0787. The van der Waals surface area contributed by atoms with E-state index in [-0.39, 0.29) is 5.91 Å². The van der Waals surface area contributed by atoms with Crippen LogP contribution in [0.15, 0.2) is 30.3 Å². The number of aryl methyl sites for hydroxylation is 2. The van der Waals surface area contributed by atoms with E-state index in [9.17, 15) is 4.79 Å².